The van der Waals surface area contributed by atoms with E-state index >= 15 is 0 Å². The van der Waals surface area contributed by atoms with Crippen molar-refractivity contribution in [2.45, 2.75) is 6.42 Å². The van der Waals surface area contributed by atoms with Crippen LogP contribution in [0.3, 0.4) is 0 Å². The fourth-order valence-corrected chi connectivity index (χ4v) is 3.75. The third-order valence-corrected chi connectivity index (χ3v) is 4.98. The lowest BCUT2D eigenvalue weighted by molar-refractivity contribution is 0.460. The molecule has 1 aliphatic rings. The zero-order valence-corrected chi connectivity index (χ0v) is 14.4. The van der Waals surface area contributed by atoms with Gasteiger partial charge in [-0.2, -0.15) is 0 Å². The van der Waals surface area contributed by atoms with Crippen LogP contribution in [0.1, 0.15) is 11.1 Å². The summed E-state index contributed by atoms with van der Waals surface area (Å²) in [6, 6.07) is 33.8. The Bertz CT molecular complexity index is 1070. The lowest BCUT2D eigenvalue weighted by Crippen LogP contribution is -2.05. The van der Waals surface area contributed by atoms with E-state index in [0.29, 0.717) is 0 Å². The summed E-state index contributed by atoms with van der Waals surface area (Å²) in [7, 11) is 0. The second-order valence-electron chi connectivity index (χ2n) is 6.58. The van der Waals surface area contributed by atoms with Crippen LogP contribution in [0.25, 0.3) is 22.3 Å². The van der Waals surface area contributed by atoms with E-state index in [2.05, 4.69) is 84.9 Å². The second-order valence-corrected chi connectivity index (χ2v) is 6.58. The highest BCUT2D eigenvalue weighted by Crippen LogP contribution is 2.45. The number of hydrogen-bond acceptors (Lipinski definition) is 1. The van der Waals surface area contributed by atoms with E-state index in [1.807, 2.05) is 12.1 Å². The van der Waals surface area contributed by atoms with Crippen molar-refractivity contribution in [3.05, 3.63) is 108 Å². The van der Waals surface area contributed by atoms with E-state index in [4.69, 9.17) is 4.74 Å². The van der Waals surface area contributed by atoms with Crippen molar-refractivity contribution < 1.29 is 4.74 Å². The summed E-state index contributed by atoms with van der Waals surface area (Å²) in [5.41, 5.74) is 7.47. The minimum Gasteiger partial charge on any atom is -0.457 e. The molecule has 0 amide bonds. The highest BCUT2D eigenvalue weighted by Gasteiger charge is 2.22. The van der Waals surface area contributed by atoms with E-state index in [9.17, 15) is 0 Å². The molecule has 0 fully saturated rings. The molecule has 5 rings (SSSR count). The lowest BCUT2D eigenvalue weighted by Gasteiger charge is -2.25. The number of benzene rings is 4. The molecule has 4 aromatic rings. The van der Waals surface area contributed by atoms with Gasteiger partial charge in [-0.3, -0.25) is 0 Å². The zero-order valence-electron chi connectivity index (χ0n) is 14.4. The normalized spacial score (nSPS) is 12.0. The predicted octanol–water partition coefficient (Wildman–Crippen LogP) is 6.72. The van der Waals surface area contributed by atoms with Gasteiger partial charge in [0.05, 0.1) is 0 Å². The highest BCUT2D eigenvalue weighted by atomic mass is 16.5. The smallest absolute Gasteiger partial charge is 0.131 e. The number of para-hydroxylation sites is 1. The summed E-state index contributed by atoms with van der Waals surface area (Å²) in [6.07, 6.45) is 0.885. The summed E-state index contributed by atoms with van der Waals surface area (Å²) in [6.45, 7) is 0. The Kier molecular flexibility index (Phi) is 3.57. The molecule has 1 heterocycles. The van der Waals surface area contributed by atoms with Crippen LogP contribution in [0.5, 0.6) is 11.5 Å². The maximum Gasteiger partial charge on any atom is 0.131 e. The molecule has 0 spiro atoms. The molecule has 26 heavy (non-hydrogen) atoms. The van der Waals surface area contributed by atoms with E-state index < -0.39 is 0 Å². The minimum absolute atomic E-state index is 0.885. The third kappa shape index (κ3) is 2.49. The van der Waals surface area contributed by atoms with Crippen molar-refractivity contribution in [3.8, 4) is 33.8 Å². The average molecular weight is 334 g/mol. The van der Waals surface area contributed by atoms with Crippen molar-refractivity contribution in [2.75, 3.05) is 0 Å². The Morgan fingerprint density at radius 1 is 0.538 bits per heavy atom. The molecular formula is C25H18O. The summed E-state index contributed by atoms with van der Waals surface area (Å²) in [4.78, 5) is 0. The molecule has 124 valence electrons. The standard InChI is InChI=1S/C25H18O/c1-3-9-18(10-4-1)21-15-16-24-22(25(21)19-11-5-2-6-12-19)17-20-13-7-8-14-23(20)26-24/h1-16H,17H2. The van der Waals surface area contributed by atoms with Gasteiger partial charge in [-0.25, -0.2) is 0 Å². The van der Waals surface area contributed by atoms with Crippen LogP contribution >= 0.6 is 0 Å². The van der Waals surface area contributed by atoms with Crippen LogP contribution in [0.2, 0.25) is 0 Å². The molecule has 0 unspecified atom stereocenters. The number of ether oxygens (including phenoxy) is 1. The van der Waals surface area contributed by atoms with Crippen molar-refractivity contribution in [1.82, 2.24) is 0 Å². The Morgan fingerprint density at radius 2 is 1.19 bits per heavy atom. The highest BCUT2D eigenvalue weighted by molar-refractivity contribution is 5.88. The summed E-state index contributed by atoms with van der Waals surface area (Å²) >= 11 is 0. The molecular weight excluding hydrogens is 316 g/mol. The van der Waals surface area contributed by atoms with E-state index in [-0.39, 0.29) is 0 Å². The largest absolute Gasteiger partial charge is 0.457 e. The molecule has 0 saturated carbocycles. The van der Waals surface area contributed by atoms with Crippen LogP contribution in [0, 0.1) is 0 Å². The number of hydrogen-bond donors (Lipinski definition) is 0. The van der Waals surface area contributed by atoms with Crippen LogP contribution in [-0.2, 0) is 6.42 Å². The number of fused-ring (bicyclic) bond motifs is 2. The van der Waals surface area contributed by atoms with Crippen molar-refractivity contribution >= 4 is 0 Å². The Labute approximate surface area is 153 Å². The quantitative estimate of drug-likeness (QED) is 0.348. The lowest BCUT2D eigenvalue weighted by atomic mass is 9.86. The first-order valence-corrected chi connectivity index (χ1v) is 8.92. The molecule has 0 atom stereocenters. The molecule has 0 radical (unpaired) electrons. The summed E-state index contributed by atoms with van der Waals surface area (Å²) in [5, 5.41) is 0. The van der Waals surface area contributed by atoms with Gasteiger partial charge in [0, 0.05) is 12.0 Å². The zero-order chi connectivity index (χ0) is 17.3. The van der Waals surface area contributed by atoms with Gasteiger partial charge < -0.3 is 4.74 Å². The molecule has 1 aliphatic heterocycles. The third-order valence-electron chi connectivity index (χ3n) is 4.98. The van der Waals surface area contributed by atoms with Gasteiger partial charge in [-0.15, -0.1) is 0 Å². The first kappa shape index (κ1) is 15.0. The topological polar surface area (TPSA) is 9.23 Å². The Morgan fingerprint density at radius 3 is 1.96 bits per heavy atom. The maximum absolute atomic E-state index is 6.23. The predicted molar refractivity (Wildman–Crippen MR) is 107 cm³/mol. The van der Waals surface area contributed by atoms with Gasteiger partial charge in [0.25, 0.3) is 0 Å². The van der Waals surface area contributed by atoms with Crippen LogP contribution in [0.15, 0.2) is 97.1 Å². The number of rotatable bonds is 2. The molecule has 4 aromatic carbocycles. The van der Waals surface area contributed by atoms with E-state index in [1.54, 1.807) is 0 Å². The van der Waals surface area contributed by atoms with Crippen molar-refractivity contribution in [3.63, 3.8) is 0 Å². The molecule has 0 saturated heterocycles. The van der Waals surface area contributed by atoms with Crippen molar-refractivity contribution in [2.24, 2.45) is 0 Å². The SMILES string of the molecule is c1ccc(-c2ccc3c(c2-c2ccccc2)Cc2ccccc2O3)cc1. The average Bonchev–Trinajstić information content (AvgIpc) is 2.72. The molecule has 0 N–H and O–H groups in total. The first-order valence-electron chi connectivity index (χ1n) is 8.92. The molecule has 0 aromatic heterocycles. The fraction of sp³-hybridized carbons (Fsp3) is 0.0400. The van der Waals surface area contributed by atoms with E-state index in [0.717, 1.165) is 17.9 Å². The fourth-order valence-electron chi connectivity index (χ4n) is 3.75. The Hall–Kier alpha value is -3.32. The van der Waals surface area contributed by atoms with Crippen LogP contribution < -0.4 is 4.74 Å². The maximum atomic E-state index is 6.23. The molecule has 0 aliphatic carbocycles. The van der Waals surface area contributed by atoms with Gasteiger partial charge in [0.2, 0.25) is 0 Å². The van der Waals surface area contributed by atoms with Crippen molar-refractivity contribution in [1.29, 1.82) is 0 Å². The monoisotopic (exact) mass is 334 g/mol. The van der Waals surface area contributed by atoms with Gasteiger partial charge in [-0.05, 0) is 39.9 Å². The van der Waals surface area contributed by atoms with Gasteiger partial charge >= 0.3 is 0 Å². The van der Waals surface area contributed by atoms with Gasteiger partial charge in [-0.1, -0.05) is 84.9 Å². The van der Waals surface area contributed by atoms with E-state index in [1.165, 1.54) is 33.4 Å². The van der Waals surface area contributed by atoms with Gasteiger partial charge in [0.1, 0.15) is 11.5 Å². The summed E-state index contributed by atoms with van der Waals surface area (Å²) < 4.78 is 6.23. The van der Waals surface area contributed by atoms with Crippen LogP contribution in [0.4, 0.5) is 0 Å². The second kappa shape index (κ2) is 6.20. The first-order chi connectivity index (χ1) is 12.9. The summed E-state index contributed by atoms with van der Waals surface area (Å²) in [5.74, 6) is 1.92. The molecule has 1 nitrogen and oxygen atoms in total. The van der Waals surface area contributed by atoms with Crippen LogP contribution in [-0.4, -0.2) is 0 Å². The molecule has 1 heteroatoms. The Balaban J connectivity index is 1.77. The molecule has 0 bridgehead atoms. The van der Waals surface area contributed by atoms with Gasteiger partial charge in [0.15, 0.2) is 0 Å². The minimum atomic E-state index is 0.885.